The molecule has 1 atom stereocenters. The van der Waals surface area contributed by atoms with E-state index in [1.807, 2.05) is 12.3 Å². The van der Waals surface area contributed by atoms with Crippen molar-refractivity contribution in [1.29, 1.82) is 0 Å². The van der Waals surface area contributed by atoms with Gasteiger partial charge in [-0.1, -0.05) is 23.4 Å². The summed E-state index contributed by atoms with van der Waals surface area (Å²) in [6.45, 7) is 6.62. The normalized spacial score (nSPS) is 17.5. The largest absolute Gasteiger partial charge is 0.379 e. The molecule has 6 heteroatoms. The molecule has 0 bridgehead atoms. The monoisotopic (exact) mass is 319 g/mol. The minimum absolute atomic E-state index is 0.220. The fourth-order valence-corrected chi connectivity index (χ4v) is 2.74. The van der Waals surface area contributed by atoms with Crippen molar-refractivity contribution in [2.75, 3.05) is 32.6 Å². The number of benzene rings is 1. The van der Waals surface area contributed by atoms with Crippen LogP contribution in [0.2, 0.25) is 0 Å². The molecule has 118 valence electrons. The Labute approximate surface area is 135 Å². The first-order valence-electron chi connectivity index (χ1n) is 7.52. The van der Waals surface area contributed by atoms with Gasteiger partial charge in [0.25, 0.3) is 0 Å². The zero-order valence-corrected chi connectivity index (χ0v) is 13.8. The molecule has 2 aromatic rings. The topological polar surface area (TPSA) is 51.4 Å². The van der Waals surface area contributed by atoms with Gasteiger partial charge in [0.2, 0.25) is 11.7 Å². The first-order chi connectivity index (χ1) is 10.8. The Morgan fingerprint density at radius 1 is 1.32 bits per heavy atom. The van der Waals surface area contributed by atoms with E-state index in [-0.39, 0.29) is 5.25 Å². The van der Waals surface area contributed by atoms with Gasteiger partial charge in [0.05, 0.1) is 18.5 Å². The summed E-state index contributed by atoms with van der Waals surface area (Å²) >= 11 is 1.70. The average Bonchev–Trinajstić information content (AvgIpc) is 3.05. The van der Waals surface area contributed by atoms with E-state index in [2.05, 4.69) is 40.2 Å². The number of hydrogen-bond donors (Lipinski definition) is 0. The lowest BCUT2D eigenvalue weighted by atomic mass is 10.1. The molecular weight excluding hydrogens is 298 g/mol. The summed E-state index contributed by atoms with van der Waals surface area (Å²) in [7, 11) is 0. The van der Waals surface area contributed by atoms with Gasteiger partial charge in [-0.15, -0.1) is 0 Å². The quantitative estimate of drug-likeness (QED) is 0.844. The molecule has 22 heavy (non-hydrogen) atoms. The molecule has 2 heterocycles. The van der Waals surface area contributed by atoms with Gasteiger partial charge in [0.15, 0.2) is 0 Å². The zero-order valence-electron chi connectivity index (χ0n) is 13.0. The summed E-state index contributed by atoms with van der Waals surface area (Å²) in [5.41, 5.74) is 2.28. The minimum Gasteiger partial charge on any atom is -0.379 e. The highest BCUT2D eigenvalue weighted by atomic mass is 32.2. The number of nitrogens with zero attached hydrogens (tertiary/aromatic N) is 3. The maximum absolute atomic E-state index is 5.39. The van der Waals surface area contributed by atoms with Crippen LogP contribution >= 0.6 is 11.8 Å². The van der Waals surface area contributed by atoms with Crippen LogP contribution in [0, 0.1) is 0 Å². The summed E-state index contributed by atoms with van der Waals surface area (Å²) in [6.07, 6.45) is 2.04. The van der Waals surface area contributed by atoms with Crippen LogP contribution in [0.5, 0.6) is 0 Å². The van der Waals surface area contributed by atoms with Crippen molar-refractivity contribution >= 4 is 11.8 Å². The fourth-order valence-electron chi connectivity index (χ4n) is 2.44. The van der Waals surface area contributed by atoms with Crippen LogP contribution in [0.15, 0.2) is 28.8 Å². The van der Waals surface area contributed by atoms with Gasteiger partial charge < -0.3 is 9.26 Å². The molecule has 0 unspecified atom stereocenters. The standard InChI is InChI=1S/C16H21N3O2S/c1-12(22-2)16-17-15(18-21-16)14-5-3-4-13(10-14)11-19-6-8-20-9-7-19/h3-5,10,12H,6-9,11H2,1-2H3/t12-/m1/s1. The maximum atomic E-state index is 5.39. The Morgan fingerprint density at radius 3 is 2.91 bits per heavy atom. The van der Waals surface area contributed by atoms with Crippen LogP contribution in [0.1, 0.15) is 23.6 Å². The SMILES string of the molecule is CS[C@H](C)c1nc(-c2cccc(CN3CCOCC3)c2)no1. The number of rotatable bonds is 5. The van der Waals surface area contributed by atoms with E-state index in [1.54, 1.807) is 11.8 Å². The summed E-state index contributed by atoms with van der Waals surface area (Å²) in [5, 5.41) is 4.33. The van der Waals surface area contributed by atoms with Gasteiger partial charge in [-0.3, -0.25) is 4.90 Å². The number of thioether (sulfide) groups is 1. The van der Waals surface area contributed by atoms with Crippen molar-refractivity contribution in [2.45, 2.75) is 18.7 Å². The van der Waals surface area contributed by atoms with Crippen molar-refractivity contribution in [3.05, 3.63) is 35.7 Å². The molecule has 1 aliphatic rings. The van der Waals surface area contributed by atoms with Crippen LogP contribution in [0.4, 0.5) is 0 Å². The van der Waals surface area contributed by atoms with Crippen molar-refractivity contribution < 1.29 is 9.26 Å². The Morgan fingerprint density at radius 2 is 2.14 bits per heavy atom. The van der Waals surface area contributed by atoms with E-state index in [4.69, 9.17) is 9.26 Å². The van der Waals surface area contributed by atoms with Crippen LogP contribution < -0.4 is 0 Å². The minimum atomic E-state index is 0.220. The van der Waals surface area contributed by atoms with Gasteiger partial charge in [-0.05, 0) is 24.8 Å². The molecule has 5 nitrogen and oxygen atoms in total. The second kappa shape index (κ2) is 7.26. The van der Waals surface area contributed by atoms with Crippen molar-refractivity contribution in [2.24, 2.45) is 0 Å². The van der Waals surface area contributed by atoms with Crippen LogP contribution in [-0.4, -0.2) is 47.6 Å². The van der Waals surface area contributed by atoms with Gasteiger partial charge >= 0.3 is 0 Å². The molecule has 0 radical (unpaired) electrons. The second-order valence-corrected chi connectivity index (χ2v) is 6.60. The predicted molar refractivity (Wildman–Crippen MR) is 87.8 cm³/mol. The molecular formula is C16H21N3O2S. The molecule has 1 fully saturated rings. The molecule has 1 aliphatic heterocycles. The Balaban J connectivity index is 1.74. The van der Waals surface area contributed by atoms with E-state index in [1.165, 1.54) is 5.56 Å². The molecule has 0 saturated carbocycles. The zero-order chi connectivity index (χ0) is 15.4. The van der Waals surface area contributed by atoms with Crippen molar-refractivity contribution in [3.8, 4) is 11.4 Å². The van der Waals surface area contributed by atoms with Gasteiger partial charge in [-0.25, -0.2) is 0 Å². The summed E-state index contributed by atoms with van der Waals surface area (Å²) in [5.74, 6) is 1.35. The van der Waals surface area contributed by atoms with Crippen molar-refractivity contribution in [3.63, 3.8) is 0 Å². The Kier molecular flexibility index (Phi) is 5.12. The molecule has 1 aromatic heterocycles. The lowest BCUT2D eigenvalue weighted by Crippen LogP contribution is -2.35. The lowest BCUT2D eigenvalue weighted by Gasteiger charge is -2.26. The van der Waals surface area contributed by atoms with E-state index in [0.717, 1.165) is 38.4 Å². The van der Waals surface area contributed by atoms with Crippen molar-refractivity contribution in [1.82, 2.24) is 15.0 Å². The Hall–Kier alpha value is -1.37. The fraction of sp³-hybridized carbons (Fsp3) is 0.500. The molecule has 0 aliphatic carbocycles. The maximum Gasteiger partial charge on any atom is 0.239 e. The Bertz CT molecular complexity index is 611. The molecule has 1 saturated heterocycles. The number of ether oxygens (including phenoxy) is 1. The summed E-state index contributed by atoms with van der Waals surface area (Å²) in [4.78, 5) is 6.91. The smallest absolute Gasteiger partial charge is 0.239 e. The number of morpholine rings is 1. The van der Waals surface area contributed by atoms with Crippen LogP contribution in [-0.2, 0) is 11.3 Å². The third kappa shape index (κ3) is 3.69. The second-order valence-electron chi connectivity index (χ2n) is 5.42. The van der Waals surface area contributed by atoms with Gasteiger partial charge in [0, 0.05) is 25.2 Å². The summed E-state index contributed by atoms with van der Waals surface area (Å²) in [6, 6.07) is 8.37. The van der Waals surface area contributed by atoms with Gasteiger partial charge in [-0.2, -0.15) is 16.7 Å². The average molecular weight is 319 g/mol. The molecule has 0 N–H and O–H groups in total. The van der Waals surface area contributed by atoms with E-state index >= 15 is 0 Å². The highest BCUT2D eigenvalue weighted by Crippen LogP contribution is 2.26. The third-order valence-electron chi connectivity index (χ3n) is 3.84. The predicted octanol–water partition coefficient (Wildman–Crippen LogP) is 2.99. The molecule has 1 aromatic carbocycles. The number of hydrogen-bond acceptors (Lipinski definition) is 6. The van der Waals surface area contributed by atoms with E-state index < -0.39 is 0 Å². The molecule has 0 spiro atoms. The molecule has 0 amide bonds. The summed E-state index contributed by atoms with van der Waals surface area (Å²) < 4.78 is 10.7. The lowest BCUT2D eigenvalue weighted by molar-refractivity contribution is 0.0342. The number of aromatic nitrogens is 2. The first-order valence-corrected chi connectivity index (χ1v) is 8.81. The van der Waals surface area contributed by atoms with E-state index in [0.29, 0.717) is 11.7 Å². The first kappa shape index (κ1) is 15.5. The van der Waals surface area contributed by atoms with E-state index in [9.17, 15) is 0 Å². The van der Waals surface area contributed by atoms with Gasteiger partial charge in [0.1, 0.15) is 0 Å². The molecule has 3 rings (SSSR count). The third-order valence-corrected chi connectivity index (χ3v) is 4.75. The van der Waals surface area contributed by atoms with Crippen LogP contribution in [0.25, 0.3) is 11.4 Å². The highest BCUT2D eigenvalue weighted by Gasteiger charge is 2.15. The van der Waals surface area contributed by atoms with Crippen LogP contribution in [0.3, 0.4) is 0 Å². The highest BCUT2D eigenvalue weighted by molar-refractivity contribution is 7.98.